The number of carbonyl (C=O) groups is 1. The van der Waals surface area contributed by atoms with Gasteiger partial charge in [0, 0.05) is 31.9 Å². The van der Waals surface area contributed by atoms with Crippen molar-refractivity contribution < 1.29 is 4.79 Å². The van der Waals surface area contributed by atoms with E-state index < -0.39 is 0 Å². The lowest BCUT2D eigenvalue weighted by molar-refractivity contribution is 0.0950. The maximum Gasteiger partial charge on any atom is 0.255 e. The van der Waals surface area contributed by atoms with Crippen LogP contribution in [0.15, 0.2) is 54.7 Å². The molecule has 2 heterocycles. The van der Waals surface area contributed by atoms with Crippen molar-refractivity contribution in [2.45, 2.75) is 33.0 Å². The average Bonchev–Trinajstić information content (AvgIpc) is 3.13. The molecule has 1 aromatic heterocycles. The molecule has 5 nitrogen and oxygen atoms in total. The Morgan fingerprint density at radius 1 is 1.11 bits per heavy atom. The first kappa shape index (κ1) is 17.5. The molecule has 0 unspecified atom stereocenters. The Morgan fingerprint density at radius 2 is 1.85 bits per heavy atom. The van der Waals surface area contributed by atoms with Crippen LogP contribution in [-0.4, -0.2) is 27.5 Å². The highest BCUT2D eigenvalue weighted by atomic mass is 16.1. The third-order valence-electron chi connectivity index (χ3n) is 5.17. The summed E-state index contributed by atoms with van der Waals surface area (Å²) in [6.45, 7) is 5.42. The summed E-state index contributed by atoms with van der Waals surface area (Å²) in [4.78, 5) is 14.6. The Balaban J connectivity index is 1.32. The van der Waals surface area contributed by atoms with Gasteiger partial charge in [-0.05, 0) is 35.6 Å². The molecule has 27 heavy (non-hydrogen) atoms. The van der Waals surface area contributed by atoms with Crippen LogP contribution in [0.4, 0.5) is 0 Å². The van der Waals surface area contributed by atoms with Gasteiger partial charge in [0.1, 0.15) is 0 Å². The number of benzene rings is 2. The van der Waals surface area contributed by atoms with E-state index in [1.165, 1.54) is 16.7 Å². The van der Waals surface area contributed by atoms with Gasteiger partial charge in [0.15, 0.2) is 0 Å². The lowest BCUT2D eigenvalue weighted by atomic mass is 9.99. The zero-order valence-electron chi connectivity index (χ0n) is 15.5. The zero-order valence-corrected chi connectivity index (χ0v) is 15.5. The van der Waals surface area contributed by atoms with Gasteiger partial charge >= 0.3 is 0 Å². The van der Waals surface area contributed by atoms with Gasteiger partial charge in [-0.2, -0.15) is 5.10 Å². The van der Waals surface area contributed by atoms with Crippen LogP contribution in [-0.2, 0) is 26.1 Å². The Bertz CT molecular complexity index is 929. The van der Waals surface area contributed by atoms with E-state index in [1.807, 2.05) is 6.92 Å². The molecule has 0 saturated heterocycles. The molecule has 0 radical (unpaired) electrons. The molecule has 0 fully saturated rings. The van der Waals surface area contributed by atoms with Gasteiger partial charge in [0.2, 0.25) is 0 Å². The summed E-state index contributed by atoms with van der Waals surface area (Å²) in [6.07, 6.45) is 2.68. The van der Waals surface area contributed by atoms with Crippen molar-refractivity contribution in [3.05, 3.63) is 88.2 Å². The van der Waals surface area contributed by atoms with Crippen LogP contribution >= 0.6 is 0 Å². The predicted octanol–water partition coefficient (Wildman–Crippen LogP) is 3.21. The van der Waals surface area contributed by atoms with E-state index in [1.54, 1.807) is 6.20 Å². The molecule has 4 rings (SSSR count). The molecule has 2 N–H and O–H groups in total. The van der Waals surface area contributed by atoms with Crippen molar-refractivity contribution in [1.82, 2.24) is 20.4 Å². The number of aryl methyl sites for hydroxylation is 1. The fourth-order valence-corrected chi connectivity index (χ4v) is 3.57. The van der Waals surface area contributed by atoms with Crippen LogP contribution in [0, 0.1) is 6.92 Å². The molecule has 0 saturated carbocycles. The molecule has 0 atom stereocenters. The van der Waals surface area contributed by atoms with Crippen LogP contribution in [0.2, 0.25) is 0 Å². The van der Waals surface area contributed by atoms with Crippen molar-refractivity contribution in [1.29, 1.82) is 0 Å². The van der Waals surface area contributed by atoms with Crippen molar-refractivity contribution >= 4 is 5.91 Å². The third kappa shape index (κ3) is 4.09. The largest absolute Gasteiger partial charge is 0.348 e. The van der Waals surface area contributed by atoms with Crippen molar-refractivity contribution in [3.8, 4) is 0 Å². The highest BCUT2D eigenvalue weighted by Gasteiger charge is 2.15. The molecule has 1 aliphatic heterocycles. The Morgan fingerprint density at radius 3 is 2.59 bits per heavy atom. The second-order valence-electron chi connectivity index (χ2n) is 7.14. The van der Waals surface area contributed by atoms with E-state index in [9.17, 15) is 4.79 Å². The van der Waals surface area contributed by atoms with Crippen molar-refractivity contribution in [3.63, 3.8) is 0 Å². The number of fused-ring (bicyclic) bond motifs is 1. The van der Waals surface area contributed by atoms with Gasteiger partial charge in [-0.25, -0.2) is 0 Å². The SMILES string of the molecule is Cc1[nH]ncc1C(=O)NCc1ccc(CN2CCc3ccccc3C2)cc1. The quantitative estimate of drug-likeness (QED) is 0.734. The number of hydrogen-bond donors (Lipinski definition) is 2. The minimum atomic E-state index is -0.0997. The van der Waals surface area contributed by atoms with E-state index in [4.69, 9.17) is 0 Å². The standard InChI is InChI=1S/C22H24N4O/c1-16-21(13-24-25-16)22(27)23-12-17-6-8-18(9-7-17)14-26-11-10-19-4-2-3-5-20(19)15-26/h2-9,13H,10-12,14-15H2,1H3,(H,23,27)(H,24,25). The summed E-state index contributed by atoms with van der Waals surface area (Å²) in [5, 5.41) is 9.62. The first-order chi connectivity index (χ1) is 13.2. The van der Waals surface area contributed by atoms with E-state index >= 15 is 0 Å². The first-order valence-corrected chi connectivity index (χ1v) is 9.34. The van der Waals surface area contributed by atoms with E-state index in [2.05, 4.69) is 68.9 Å². The fraction of sp³-hybridized carbons (Fsp3) is 0.273. The van der Waals surface area contributed by atoms with Gasteiger partial charge in [-0.15, -0.1) is 0 Å². The van der Waals surface area contributed by atoms with Gasteiger partial charge in [-0.3, -0.25) is 14.8 Å². The number of rotatable bonds is 5. The number of hydrogen-bond acceptors (Lipinski definition) is 3. The van der Waals surface area contributed by atoms with E-state index in [0.717, 1.165) is 37.3 Å². The number of nitrogens with one attached hydrogen (secondary N) is 2. The molecule has 1 amide bonds. The fourth-order valence-electron chi connectivity index (χ4n) is 3.57. The monoisotopic (exact) mass is 360 g/mol. The maximum absolute atomic E-state index is 12.2. The predicted molar refractivity (Wildman–Crippen MR) is 105 cm³/mol. The first-order valence-electron chi connectivity index (χ1n) is 9.34. The topological polar surface area (TPSA) is 61.0 Å². The Labute approximate surface area is 159 Å². The lowest BCUT2D eigenvalue weighted by Crippen LogP contribution is -2.30. The van der Waals surface area contributed by atoms with E-state index in [0.29, 0.717) is 12.1 Å². The van der Waals surface area contributed by atoms with Crippen molar-refractivity contribution in [2.24, 2.45) is 0 Å². The molecule has 3 aromatic rings. The summed E-state index contributed by atoms with van der Waals surface area (Å²) in [5.41, 5.74) is 6.70. The van der Waals surface area contributed by atoms with Crippen LogP contribution in [0.1, 0.15) is 38.3 Å². The third-order valence-corrected chi connectivity index (χ3v) is 5.17. The molecule has 0 bridgehead atoms. The Kier molecular flexibility index (Phi) is 5.03. The summed E-state index contributed by atoms with van der Waals surface area (Å²) in [6, 6.07) is 17.2. The van der Waals surface area contributed by atoms with Gasteiger partial charge in [-0.1, -0.05) is 48.5 Å². The zero-order chi connectivity index (χ0) is 18.6. The summed E-state index contributed by atoms with van der Waals surface area (Å²) < 4.78 is 0. The number of amides is 1. The Hall–Kier alpha value is -2.92. The number of aromatic nitrogens is 2. The van der Waals surface area contributed by atoms with E-state index in [-0.39, 0.29) is 5.91 Å². The molecular weight excluding hydrogens is 336 g/mol. The van der Waals surface area contributed by atoms with Crippen LogP contribution < -0.4 is 5.32 Å². The molecule has 5 heteroatoms. The second kappa shape index (κ2) is 7.76. The molecule has 0 spiro atoms. The molecule has 138 valence electrons. The minimum Gasteiger partial charge on any atom is -0.348 e. The van der Waals surface area contributed by atoms with Crippen LogP contribution in [0.3, 0.4) is 0 Å². The average molecular weight is 360 g/mol. The summed E-state index contributed by atoms with van der Waals surface area (Å²) >= 11 is 0. The number of aromatic amines is 1. The smallest absolute Gasteiger partial charge is 0.255 e. The normalized spacial score (nSPS) is 14.0. The maximum atomic E-state index is 12.2. The highest BCUT2D eigenvalue weighted by molar-refractivity contribution is 5.94. The minimum absolute atomic E-state index is 0.0997. The van der Waals surface area contributed by atoms with Crippen molar-refractivity contribution in [2.75, 3.05) is 6.54 Å². The highest BCUT2D eigenvalue weighted by Crippen LogP contribution is 2.20. The molecule has 2 aromatic carbocycles. The number of nitrogens with zero attached hydrogens (tertiary/aromatic N) is 2. The molecular formula is C22H24N4O. The molecule has 0 aliphatic carbocycles. The number of carbonyl (C=O) groups excluding carboxylic acids is 1. The van der Waals surface area contributed by atoms with Gasteiger partial charge in [0.05, 0.1) is 11.8 Å². The summed E-state index contributed by atoms with van der Waals surface area (Å²) in [7, 11) is 0. The second-order valence-corrected chi connectivity index (χ2v) is 7.14. The van der Waals surface area contributed by atoms with Gasteiger partial charge < -0.3 is 5.32 Å². The molecule has 1 aliphatic rings. The van der Waals surface area contributed by atoms with Crippen LogP contribution in [0.5, 0.6) is 0 Å². The van der Waals surface area contributed by atoms with Crippen LogP contribution in [0.25, 0.3) is 0 Å². The summed E-state index contributed by atoms with van der Waals surface area (Å²) in [5.74, 6) is -0.0997. The lowest BCUT2D eigenvalue weighted by Gasteiger charge is -2.28. The van der Waals surface area contributed by atoms with Gasteiger partial charge in [0.25, 0.3) is 5.91 Å². The number of H-pyrrole nitrogens is 1.